The number of aliphatic hydroxyl groups is 1. The van der Waals surface area contributed by atoms with Crippen LogP contribution < -0.4 is 14.4 Å². The molecule has 35 heavy (non-hydrogen) atoms. The van der Waals surface area contributed by atoms with Crippen LogP contribution in [0.25, 0.3) is 5.76 Å². The van der Waals surface area contributed by atoms with E-state index in [0.717, 1.165) is 17.5 Å². The van der Waals surface area contributed by atoms with Crippen LogP contribution in [0, 0.1) is 13.8 Å². The van der Waals surface area contributed by atoms with Crippen molar-refractivity contribution < 1.29 is 24.2 Å². The summed E-state index contributed by atoms with van der Waals surface area (Å²) < 4.78 is 11.3. The number of hydrogen-bond donors (Lipinski definition) is 1. The molecule has 1 amide bonds. The van der Waals surface area contributed by atoms with Gasteiger partial charge in [0.1, 0.15) is 17.3 Å². The smallest absolute Gasteiger partial charge is 0.300 e. The number of ether oxygens (including phenoxy) is 2. The Morgan fingerprint density at radius 3 is 2.51 bits per heavy atom. The molecular weight excluding hydrogens is 442 g/mol. The Hall–Kier alpha value is -4.06. The molecular formula is C29H29NO5. The van der Waals surface area contributed by atoms with Gasteiger partial charge in [-0.15, -0.1) is 0 Å². The second-order valence-electron chi connectivity index (χ2n) is 8.58. The summed E-state index contributed by atoms with van der Waals surface area (Å²) in [4.78, 5) is 28.4. The van der Waals surface area contributed by atoms with Gasteiger partial charge in [-0.05, 0) is 55.7 Å². The molecule has 0 saturated carbocycles. The summed E-state index contributed by atoms with van der Waals surface area (Å²) in [7, 11) is 1.54. The van der Waals surface area contributed by atoms with Crippen molar-refractivity contribution in [3.05, 3.63) is 94.6 Å². The predicted molar refractivity (Wildman–Crippen MR) is 136 cm³/mol. The van der Waals surface area contributed by atoms with Crippen LogP contribution in [-0.4, -0.2) is 30.5 Å². The third-order valence-corrected chi connectivity index (χ3v) is 6.08. The van der Waals surface area contributed by atoms with Gasteiger partial charge >= 0.3 is 0 Å². The van der Waals surface area contributed by atoms with E-state index in [4.69, 9.17) is 9.47 Å². The lowest BCUT2D eigenvalue weighted by molar-refractivity contribution is -0.132. The first-order valence-electron chi connectivity index (χ1n) is 11.6. The maximum atomic E-state index is 13.5. The molecule has 3 aromatic carbocycles. The SMILES string of the molecule is CCCOc1cccc(/C(O)=C2\C(=O)C(=O)N(c3cc(C)ccc3C)C2c2ccccc2OC)c1. The van der Waals surface area contributed by atoms with Gasteiger partial charge in [-0.2, -0.15) is 0 Å². The number of carbonyl (C=O) groups excluding carboxylic acids is 2. The van der Waals surface area contributed by atoms with Crippen molar-refractivity contribution in [2.45, 2.75) is 33.2 Å². The molecule has 6 nitrogen and oxygen atoms in total. The number of amides is 1. The summed E-state index contributed by atoms with van der Waals surface area (Å²) in [5.41, 5.74) is 3.42. The number of ketones is 1. The zero-order valence-corrected chi connectivity index (χ0v) is 20.4. The van der Waals surface area contributed by atoms with Crippen LogP contribution in [0.4, 0.5) is 5.69 Å². The van der Waals surface area contributed by atoms with Crippen LogP contribution in [0.1, 0.15) is 41.6 Å². The van der Waals surface area contributed by atoms with Gasteiger partial charge in [0, 0.05) is 16.8 Å². The van der Waals surface area contributed by atoms with Gasteiger partial charge in [0.2, 0.25) is 0 Å². The Bertz CT molecular complexity index is 1310. The summed E-state index contributed by atoms with van der Waals surface area (Å²) in [6, 6.07) is 19.0. The normalized spacial score (nSPS) is 17.0. The van der Waals surface area contributed by atoms with Crippen LogP contribution in [0.15, 0.2) is 72.3 Å². The lowest BCUT2D eigenvalue weighted by atomic mass is 9.94. The third-order valence-electron chi connectivity index (χ3n) is 6.08. The molecule has 0 radical (unpaired) electrons. The van der Waals surface area contributed by atoms with Gasteiger partial charge in [-0.25, -0.2) is 0 Å². The number of para-hydroxylation sites is 1. The highest BCUT2D eigenvalue weighted by Crippen LogP contribution is 2.45. The van der Waals surface area contributed by atoms with Gasteiger partial charge in [0.05, 0.1) is 25.3 Å². The monoisotopic (exact) mass is 471 g/mol. The molecule has 4 rings (SSSR count). The number of rotatable bonds is 7. The molecule has 1 fully saturated rings. The van der Waals surface area contributed by atoms with Crippen molar-refractivity contribution >= 4 is 23.1 Å². The summed E-state index contributed by atoms with van der Waals surface area (Å²) in [5.74, 6) is -0.614. The minimum absolute atomic E-state index is 0.00745. The van der Waals surface area contributed by atoms with E-state index in [9.17, 15) is 14.7 Å². The van der Waals surface area contributed by atoms with E-state index in [1.54, 1.807) is 30.3 Å². The summed E-state index contributed by atoms with van der Waals surface area (Å²) in [6.07, 6.45) is 0.838. The molecule has 1 aliphatic heterocycles. The maximum absolute atomic E-state index is 13.5. The topological polar surface area (TPSA) is 76.1 Å². The molecule has 180 valence electrons. The van der Waals surface area contributed by atoms with Crippen LogP contribution in [-0.2, 0) is 9.59 Å². The second kappa shape index (κ2) is 10.1. The fraction of sp³-hybridized carbons (Fsp3) is 0.241. The predicted octanol–water partition coefficient (Wildman–Crippen LogP) is 5.73. The molecule has 0 aromatic heterocycles. The number of hydrogen-bond acceptors (Lipinski definition) is 5. The van der Waals surface area contributed by atoms with E-state index >= 15 is 0 Å². The fourth-order valence-electron chi connectivity index (χ4n) is 4.36. The third kappa shape index (κ3) is 4.52. The Kier molecular flexibility index (Phi) is 6.92. The van der Waals surface area contributed by atoms with Gasteiger partial charge < -0.3 is 14.6 Å². The zero-order valence-electron chi connectivity index (χ0n) is 20.4. The maximum Gasteiger partial charge on any atom is 0.300 e. The van der Waals surface area contributed by atoms with Crippen LogP contribution >= 0.6 is 0 Å². The van der Waals surface area contributed by atoms with Gasteiger partial charge in [0.15, 0.2) is 0 Å². The minimum Gasteiger partial charge on any atom is -0.507 e. The standard InChI is InChI=1S/C29H29NO5/c1-5-15-35-21-10-8-9-20(17-21)27(31)25-26(22-11-6-7-12-24(22)34-4)30(29(33)28(25)32)23-16-18(2)13-14-19(23)3/h6-14,16-17,26,31H,5,15H2,1-4H3/b27-25+. The highest BCUT2D eigenvalue weighted by Gasteiger charge is 2.48. The van der Waals surface area contributed by atoms with Crippen molar-refractivity contribution in [2.24, 2.45) is 0 Å². The number of anilines is 1. The van der Waals surface area contributed by atoms with Gasteiger partial charge in [-0.3, -0.25) is 14.5 Å². The Labute approximate surface area is 205 Å². The molecule has 1 atom stereocenters. The number of benzene rings is 3. The van der Waals surface area contributed by atoms with Crippen molar-refractivity contribution in [3.63, 3.8) is 0 Å². The van der Waals surface area contributed by atoms with Gasteiger partial charge in [-0.1, -0.05) is 49.4 Å². The van der Waals surface area contributed by atoms with E-state index < -0.39 is 17.7 Å². The molecule has 3 aromatic rings. The number of aliphatic hydroxyl groups excluding tert-OH is 1. The van der Waals surface area contributed by atoms with E-state index in [1.807, 2.05) is 57.2 Å². The highest BCUT2D eigenvalue weighted by molar-refractivity contribution is 6.51. The van der Waals surface area contributed by atoms with Crippen molar-refractivity contribution in [1.82, 2.24) is 0 Å². The number of methoxy groups -OCH3 is 1. The lowest BCUT2D eigenvalue weighted by Crippen LogP contribution is -2.30. The van der Waals surface area contributed by atoms with Gasteiger partial charge in [0.25, 0.3) is 11.7 Å². The summed E-state index contributed by atoms with van der Waals surface area (Å²) in [6.45, 7) is 6.36. The highest BCUT2D eigenvalue weighted by atomic mass is 16.5. The van der Waals surface area contributed by atoms with Crippen LogP contribution in [0.5, 0.6) is 11.5 Å². The number of aryl methyl sites for hydroxylation is 2. The molecule has 1 unspecified atom stereocenters. The van der Waals surface area contributed by atoms with Crippen molar-refractivity contribution in [1.29, 1.82) is 0 Å². The number of Topliss-reactive ketones (excluding diaryl/α,β-unsaturated/α-hetero) is 1. The molecule has 0 spiro atoms. The molecule has 0 bridgehead atoms. The number of carbonyl (C=O) groups is 2. The van der Waals surface area contributed by atoms with Crippen molar-refractivity contribution in [2.75, 3.05) is 18.6 Å². The molecule has 1 heterocycles. The van der Waals surface area contributed by atoms with Crippen molar-refractivity contribution in [3.8, 4) is 11.5 Å². The van der Waals surface area contributed by atoms with E-state index in [0.29, 0.717) is 34.9 Å². The Morgan fingerprint density at radius 1 is 1.00 bits per heavy atom. The molecule has 0 aliphatic carbocycles. The lowest BCUT2D eigenvalue weighted by Gasteiger charge is -2.28. The fourth-order valence-corrected chi connectivity index (χ4v) is 4.36. The molecule has 1 aliphatic rings. The zero-order chi connectivity index (χ0) is 25.1. The average Bonchev–Trinajstić information content (AvgIpc) is 3.13. The largest absolute Gasteiger partial charge is 0.507 e. The first-order valence-corrected chi connectivity index (χ1v) is 11.6. The average molecular weight is 472 g/mol. The first-order chi connectivity index (χ1) is 16.9. The van der Waals surface area contributed by atoms with E-state index in [-0.39, 0.29) is 11.3 Å². The Morgan fingerprint density at radius 2 is 1.77 bits per heavy atom. The van der Waals surface area contributed by atoms with Crippen LogP contribution in [0.2, 0.25) is 0 Å². The molecule has 6 heteroatoms. The minimum atomic E-state index is -0.869. The number of nitrogens with zero attached hydrogens (tertiary/aromatic N) is 1. The second-order valence-corrected chi connectivity index (χ2v) is 8.58. The molecule has 1 N–H and O–H groups in total. The van der Waals surface area contributed by atoms with Crippen LogP contribution in [0.3, 0.4) is 0 Å². The van der Waals surface area contributed by atoms with E-state index in [1.165, 1.54) is 12.0 Å². The quantitative estimate of drug-likeness (QED) is 0.271. The summed E-state index contributed by atoms with van der Waals surface area (Å²) >= 11 is 0. The first kappa shape index (κ1) is 24.1. The van der Waals surface area contributed by atoms with E-state index in [2.05, 4.69) is 0 Å². The Balaban J connectivity index is 1.96. The molecule has 1 saturated heterocycles. The summed E-state index contributed by atoms with van der Waals surface area (Å²) in [5, 5.41) is 11.4.